The van der Waals surface area contributed by atoms with Gasteiger partial charge in [-0.15, -0.1) is 0 Å². The van der Waals surface area contributed by atoms with Crippen molar-refractivity contribution in [1.82, 2.24) is 4.57 Å². The normalized spacial score (nSPS) is 15.1. The Morgan fingerprint density at radius 2 is 1.84 bits per heavy atom. The second-order valence-corrected chi connectivity index (χ2v) is 9.67. The Morgan fingerprint density at radius 1 is 1.08 bits per heavy atom. The van der Waals surface area contributed by atoms with Crippen LogP contribution in [-0.4, -0.2) is 17.1 Å². The first kappa shape index (κ1) is 25.4. The Kier molecular flexibility index (Phi) is 7.33. The van der Waals surface area contributed by atoms with Crippen LogP contribution in [0, 0.1) is 5.82 Å². The Bertz CT molecular complexity index is 1710. The number of hydrogen-bond acceptors (Lipinski definition) is 6. The molecule has 192 valence electrons. The molecule has 3 aromatic carbocycles. The summed E-state index contributed by atoms with van der Waals surface area (Å²) >= 11 is 1.26. The van der Waals surface area contributed by atoms with E-state index in [1.165, 1.54) is 17.4 Å². The molecule has 2 heterocycles. The van der Waals surface area contributed by atoms with Gasteiger partial charge < -0.3 is 9.47 Å². The highest BCUT2D eigenvalue weighted by Crippen LogP contribution is 2.30. The Balaban J connectivity index is 1.54. The summed E-state index contributed by atoms with van der Waals surface area (Å²) in [6, 6.07) is 22.5. The van der Waals surface area contributed by atoms with Crippen molar-refractivity contribution in [2.45, 2.75) is 26.5 Å². The van der Waals surface area contributed by atoms with Crippen molar-refractivity contribution < 1.29 is 18.7 Å². The molecule has 38 heavy (non-hydrogen) atoms. The van der Waals surface area contributed by atoms with Gasteiger partial charge in [0.2, 0.25) is 0 Å². The molecule has 1 aliphatic heterocycles. The second kappa shape index (κ2) is 11.0. The summed E-state index contributed by atoms with van der Waals surface area (Å²) < 4.78 is 27.1. The minimum absolute atomic E-state index is 0.0886. The zero-order valence-corrected chi connectivity index (χ0v) is 21.7. The van der Waals surface area contributed by atoms with E-state index >= 15 is 0 Å². The molecule has 0 fully saturated rings. The van der Waals surface area contributed by atoms with Crippen molar-refractivity contribution in [1.29, 1.82) is 0 Å². The van der Waals surface area contributed by atoms with E-state index in [9.17, 15) is 14.0 Å². The summed E-state index contributed by atoms with van der Waals surface area (Å²) in [6.07, 6.45) is 1.77. The second-order valence-electron chi connectivity index (χ2n) is 8.67. The van der Waals surface area contributed by atoms with Gasteiger partial charge in [0.1, 0.15) is 18.2 Å². The molecule has 0 amide bonds. The molecule has 0 saturated heterocycles. The van der Waals surface area contributed by atoms with Crippen LogP contribution in [0.4, 0.5) is 4.39 Å². The third kappa shape index (κ3) is 5.08. The van der Waals surface area contributed by atoms with Crippen molar-refractivity contribution in [3.8, 4) is 5.75 Å². The van der Waals surface area contributed by atoms with Crippen LogP contribution in [0.15, 0.2) is 99.9 Å². The van der Waals surface area contributed by atoms with Crippen LogP contribution in [0.5, 0.6) is 5.75 Å². The maximum atomic E-state index is 14.0. The predicted octanol–water partition coefficient (Wildman–Crippen LogP) is 4.52. The first-order valence-corrected chi connectivity index (χ1v) is 13.0. The minimum Gasteiger partial charge on any atom is -0.489 e. The quantitative estimate of drug-likeness (QED) is 0.331. The molecule has 5 rings (SSSR count). The number of fused-ring (bicyclic) bond motifs is 1. The molecule has 0 aliphatic carbocycles. The Morgan fingerprint density at radius 3 is 2.61 bits per heavy atom. The van der Waals surface area contributed by atoms with Gasteiger partial charge in [-0.05, 0) is 49.2 Å². The molecule has 1 atom stereocenters. The largest absolute Gasteiger partial charge is 0.489 e. The van der Waals surface area contributed by atoms with Crippen molar-refractivity contribution >= 4 is 23.4 Å². The average molecular weight is 529 g/mol. The summed E-state index contributed by atoms with van der Waals surface area (Å²) in [7, 11) is 0. The van der Waals surface area contributed by atoms with Gasteiger partial charge in [0, 0.05) is 5.56 Å². The number of allylic oxidation sites excluding steroid dienone is 1. The molecule has 0 saturated carbocycles. The highest BCUT2D eigenvalue weighted by Gasteiger charge is 2.33. The highest BCUT2D eigenvalue weighted by molar-refractivity contribution is 7.07. The van der Waals surface area contributed by atoms with Gasteiger partial charge in [-0.1, -0.05) is 72.0 Å². The first-order chi connectivity index (χ1) is 18.5. The zero-order chi connectivity index (χ0) is 26.6. The number of carbonyl (C=O) groups is 1. The molecule has 1 aromatic heterocycles. The third-order valence-electron chi connectivity index (χ3n) is 6.14. The van der Waals surface area contributed by atoms with Crippen molar-refractivity contribution in [2.24, 2.45) is 4.99 Å². The van der Waals surface area contributed by atoms with E-state index in [1.54, 1.807) is 54.8 Å². The maximum absolute atomic E-state index is 14.0. The van der Waals surface area contributed by atoms with Gasteiger partial charge in [-0.25, -0.2) is 14.2 Å². The molecule has 0 N–H and O–H groups in total. The summed E-state index contributed by atoms with van der Waals surface area (Å²) in [5.74, 6) is -0.260. The summed E-state index contributed by atoms with van der Waals surface area (Å²) in [5.41, 5.74) is 2.61. The molecule has 0 spiro atoms. The predicted molar refractivity (Wildman–Crippen MR) is 144 cm³/mol. The van der Waals surface area contributed by atoms with Crippen LogP contribution in [0.3, 0.4) is 0 Å². The van der Waals surface area contributed by atoms with Crippen LogP contribution in [0.1, 0.15) is 36.6 Å². The summed E-state index contributed by atoms with van der Waals surface area (Å²) in [6.45, 7) is 3.81. The van der Waals surface area contributed by atoms with E-state index in [4.69, 9.17) is 9.47 Å². The molecule has 8 heteroatoms. The van der Waals surface area contributed by atoms with E-state index in [0.29, 0.717) is 31.9 Å². The molecular weight excluding hydrogens is 503 g/mol. The maximum Gasteiger partial charge on any atom is 0.338 e. The number of nitrogens with zero attached hydrogens (tertiary/aromatic N) is 2. The SMILES string of the molecule is CCOC(=O)C1=C(C)N=c2s/c(=C\c3cccc(OCc4ccccc4F)c3)c(=O)n2C1c1ccccc1. The fourth-order valence-electron chi connectivity index (χ4n) is 4.36. The Hall–Kier alpha value is -4.30. The van der Waals surface area contributed by atoms with E-state index in [0.717, 1.165) is 11.1 Å². The topological polar surface area (TPSA) is 69.9 Å². The van der Waals surface area contributed by atoms with Crippen LogP contribution < -0.4 is 19.6 Å². The number of hydrogen-bond donors (Lipinski definition) is 0. The van der Waals surface area contributed by atoms with Crippen molar-refractivity contribution in [3.63, 3.8) is 0 Å². The summed E-state index contributed by atoms with van der Waals surface area (Å²) in [4.78, 5) is 31.7. The van der Waals surface area contributed by atoms with E-state index in [-0.39, 0.29) is 24.6 Å². The van der Waals surface area contributed by atoms with Crippen molar-refractivity contribution in [3.05, 3.63) is 132 Å². The van der Waals surface area contributed by atoms with Gasteiger partial charge in [0.15, 0.2) is 4.80 Å². The van der Waals surface area contributed by atoms with E-state index in [2.05, 4.69) is 4.99 Å². The highest BCUT2D eigenvalue weighted by atomic mass is 32.1. The van der Waals surface area contributed by atoms with Crippen LogP contribution in [0.25, 0.3) is 6.08 Å². The van der Waals surface area contributed by atoms with Gasteiger partial charge in [-0.3, -0.25) is 9.36 Å². The lowest BCUT2D eigenvalue weighted by atomic mass is 9.96. The fourth-order valence-corrected chi connectivity index (χ4v) is 5.41. The molecule has 6 nitrogen and oxygen atoms in total. The van der Waals surface area contributed by atoms with Gasteiger partial charge in [-0.2, -0.15) is 0 Å². The molecule has 4 aromatic rings. The van der Waals surface area contributed by atoms with E-state index in [1.807, 2.05) is 42.5 Å². The average Bonchev–Trinajstić information content (AvgIpc) is 3.22. The third-order valence-corrected chi connectivity index (χ3v) is 7.12. The lowest BCUT2D eigenvalue weighted by Gasteiger charge is -2.24. The zero-order valence-electron chi connectivity index (χ0n) is 20.9. The number of rotatable bonds is 7. The van der Waals surface area contributed by atoms with Crippen LogP contribution >= 0.6 is 11.3 Å². The minimum atomic E-state index is -0.649. The fraction of sp³-hybridized carbons (Fsp3) is 0.167. The van der Waals surface area contributed by atoms with Crippen LogP contribution in [0.2, 0.25) is 0 Å². The van der Waals surface area contributed by atoms with Gasteiger partial charge in [0.25, 0.3) is 5.56 Å². The number of halogens is 1. The monoisotopic (exact) mass is 528 g/mol. The number of ether oxygens (including phenoxy) is 2. The molecule has 0 bridgehead atoms. The molecule has 1 aliphatic rings. The molecule has 1 unspecified atom stereocenters. The van der Waals surface area contributed by atoms with E-state index < -0.39 is 12.0 Å². The lowest BCUT2D eigenvalue weighted by Crippen LogP contribution is -2.39. The first-order valence-electron chi connectivity index (χ1n) is 12.2. The van der Waals surface area contributed by atoms with Gasteiger partial charge in [0.05, 0.1) is 28.5 Å². The molecular formula is C30H25FN2O4S. The Labute approximate surface area is 222 Å². The number of benzene rings is 3. The van der Waals surface area contributed by atoms with Crippen LogP contribution in [-0.2, 0) is 16.1 Å². The number of aromatic nitrogens is 1. The summed E-state index contributed by atoms with van der Waals surface area (Å²) in [5, 5.41) is 0. The lowest BCUT2D eigenvalue weighted by molar-refractivity contribution is -0.139. The van der Waals surface area contributed by atoms with Crippen molar-refractivity contribution in [2.75, 3.05) is 6.61 Å². The number of carbonyl (C=O) groups excluding carboxylic acids is 1. The number of esters is 1. The number of thiazole rings is 1. The molecule has 0 radical (unpaired) electrons. The standard InChI is InChI=1S/C30H25FN2O4S/c1-3-36-29(35)26-19(2)32-30-33(27(26)21-11-5-4-6-12-21)28(34)25(38-30)17-20-10-9-14-23(16-20)37-18-22-13-7-8-15-24(22)31/h4-17,27H,3,18H2,1-2H3/b25-17-. The van der Waals surface area contributed by atoms with Gasteiger partial charge >= 0.3 is 5.97 Å². The smallest absolute Gasteiger partial charge is 0.338 e.